The van der Waals surface area contributed by atoms with Gasteiger partial charge < -0.3 is 10.6 Å². The SMILES string of the molecule is Cc1ccccc1C1(C(=O)N2CCCC(N)C2)CCCCC1.Cl. The van der Waals surface area contributed by atoms with Gasteiger partial charge in [0.2, 0.25) is 5.91 Å². The smallest absolute Gasteiger partial charge is 0.233 e. The average molecular weight is 337 g/mol. The monoisotopic (exact) mass is 336 g/mol. The Hall–Kier alpha value is -1.06. The third-order valence-electron chi connectivity index (χ3n) is 5.52. The number of piperidine rings is 1. The standard InChI is InChI=1S/C19H28N2O.ClH/c1-15-8-3-4-10-17(15)19(11-5-2-6-12-19)18(22)21-13-7-9-16(20)14-21;/h3-4,8,10,16H,2,5-7,9,11-14,20H2,1H3;1H. The zero-order chi connectivity index (χ0) is 15.6. The molecule has 1 amide bonds. The van der Waals surface area contributed by atoms with Gasteiger partial charge in [-0.1, -0.05) is 43.5 Å². The van der Waals surface area contributed by atoms with Gasteiger partial charge in [-0.15, -0.1) is 12.4 Å². The van der Waals surface area contributed by atoms with E-state index in [0.717, 1.165) is 51.6 Å². The summed E-state index contributed by atoms with van der Waals surface area (Å²) in [5.74, 6) is 0.330. The lowest BCUT2D eigenvalue weighted by molar-refractivity contribution is -0.140. The molecule has 3 nitrogen and oxygen atoms in total. The van der Waals surface area contributed by atoms with E-state index < -0.39 is 0 Å². The van der Waals surface area contributed by atoms with E-state index in [2.05, 4.69) is 31.2 Å². The maximum atomic E-state index is 13.4. The van der Waals surface area contributed by atoms with E-state index in [9.17, 15) is 4.79 Å². The Balaban J connectivity index is 0.00000192. The van der Waals surface area contributed by atoms with Crippen LogP contribution in [0, 0.1) is 6.92 Å². The van der Waals surface area contributed by atoms with E-state index in [1.54, 1.807) is 0 Å². The van der Waals surface area contributed by atoms with Crippen LogP contribution < -0.4 is 5.73 Å². The molecule has 1 aliphatic carbocycles. The number of carbonyl (C=O) groups is 1. The molecule has 1 atom stereocenters. The van der Waals surface area contributed by atoms with E-state index >= 15 is 0 Å². The maximum Gasteiger partial charge on any atom is 0.233 e. The van der Waals surface area contributed by atoms with E-state index in [0.29, 0.717) is 5.91 Å². The number of aryl methyl sites for hydroxylation is 1. The van der Waals surface area contributed by atoms with Crippen LogP contribution in [0.25, 0.3) is 0 Å². The molecule has 0 bridgehead atoms. The van der Waals surface area contributed by atoms with Crippen LogP contribution in [0.15, 0.2) is 24.3 Å². The summed E-state index contributed by atoms with van der Waals surface area (Å²) < 4.78 is 0. The molecule has 0 spiro atoms. The lowest BCUT2D eigenvalue weighted by Crippen LogP contribution is -2.53. The van der Waals surface area contributed by atoms with E-state index in [4.69, 9.17) is 5.73 Å². The second kappa shape index (κ2) is 7.67. The highest BCUT2D eigenvalue weighted by atomic mass is 35.5. The minimum atomic E-state index is -0.305. The number of likely N-dealkylation sites (tertiary alicyclic amines) is 1. The quantitative estimate of drug-likeness (QED) is 0.897. The van der Waals surface area contributed by atoms with Crippen molar-refractivity contribution in [2.75, 3.05) is 13.1 Å². The molecule has 4 heteroatoms. The van der Waals surface area contributed by atoms with Gasteiger partial charge in [0.15, 0.2) is 0 Å². The van der Waals surface area contributed by atoms with Crippen LogP contribution in [0.2, 0.25) is 0 Å². The summed E-state index contributed by atoms with van der Waals surface area (Å²) in [5.41, 5.74) is 8.30. The number of hydrogen-bond acceptors (Lipinski definition) is 2. The van der Waals surface area contributed by atoms with E-state index in [-0.39, 0.29) is 23.9 Å². The summed E-state index contributed by atoms with van der Waals surface area (Å²) in [6, 6.07) is 8.60. The van der Waals surface area contributed by atoms with Crippen molar-refractivity contribution in [2.24, 2.45) is 5.73 Å². The average Bonchev–Trinajstić information content (AvgIpc) is 2.55. The van der Waals surface area contributed by atoms with E-state index in [1.807, 2.05) is 4.90 Å². The minimum absolute atomic E-state index is 0. The van der Waals surface area contributed by atoms with Crippen LogP contribution >= 0.6 is 12.4 Å². The Labute approximate surface area is 146 Å². The Kier molecular flexibility index (Phi) is 6.10. The lowest BCUT2D eigenvalue weighted by atomic mass is 9.67. The molecule has 0 radical (unpaired) electrons. The third kappa shape index (κ3) is 3.56. The number of benzene rings is 1. The number of hydrogen-bond donors (Lipinski definition) is 1. The Bertz CT molecular complexity index is 540. The Morgan fingerprint density at radius 3 is 2.52 bits per heavy atom. The molecule has 3 rings (SSSR count). The van der Waals surface area contributed by atoms with E-state index in [1.165, 1.54) is 17.5 Å². The molecule has 2 fully saturated rings. The van der Waals surface area contributed by atoms with Crippen LogP contribution in [-0.4, -0.2) is 29.9 Å². The van der Waals surface area contributed by atoms with Gasteiger partial charge in [0.05, 0.1) is 5.41 Å². The van der Waals surface area contributed by atoms with Gasteiger partial charge >= 0.3 is 0 Å². The van der Waals surface area contributed by atoms with Gasteiger partial charge in [-0.25, -0.2) is 0 Å². The fraction of sp³-hybridized carbons (Fsp3) is 0.632. The molecule has 1 saturated carbocycles. The van der Waals surface area contributed by atoms with Crippen LogP contribution in [0.3, 0.4) is 0 Å². The molecule has 23 heavy (non-hydrogen) atoms. The highest BCUT2D eigenvalue weighted by Gasteiger charge is 2.44. The zero-order valence-corrected chi connectivity index (χ0v) is 14.9. The number of rotatable bonds is 2. The third-order valence-corrected chi connectivity index (χ3v) is 5.52. The largest absolute Gasteiger partial charge is 0.340 e. The van der Waals surface area contributed by atoms with Crippen molar-refractivity contribution in [3.63, 3.8) is 0 Å². The first-order chi connectivity index (χ1) is 10.6. The summed E-state index contributed by atoms with van der Waals surface area (Å²) in [7, 11) is 0. The van der Waals surface area contributed by atoms with Crippen LogP contribution in [0.4, 0.5) is 0 Å². The lowest BCUT2D eigenvalue weighted by Gasteiger charge is -2.43. The van der Waals surface area contributed by atoms with Crippen molar-refractivity contribution in [3.8, 4) is 0 Å². The van der Waals surface area contributed by atoms with Crippen molar-refractivity contribution in [2.45, 2.75) is 63.3 Å². The first-order valence-electron chi connectivity index (χ1n) is 8.74. The number of carbonyl (C=O) groups excluding carboxylic acids is 1. The fourth-order valence-corrected chi connectivity index (χ4v) is 4.36. The van der Waals surface area contributed by atoms with Crippen LogP contribution in [0.5, 0.6) is 0 Å². The van der Waals surface area contributed by atoms with Gasteiger partial charge in [-0.05, 0) is 43.7 Å². The van der Waals surface area contributed by atoms with Gasteiger partial charge in [0.25, 0.3) is 0 Å². The molecule has 1 aliphatic heterocycles. The Morgan fingerprint density at radius 2 is 1.87 bits per heavy atom. The highest BCUT2D eigenvalue weighted by Crippen LogP contribution is 2.42. The van der Waals surface area contributed by atoms with Crippen LogP contribution in [-0.2, 0) is 10.2 Å². The zero-order valence-electron chi connectivity index (χ0n) is 14.1. The fourth-order valence-electron chi connectivity index (χ4n) is 4.36. The second-order valence-electron chi connectivity index (χ2n) is 7.11. The van der Waals surface area contributed by atoms with Crippen molar-refractivity contribution >= 4 is 18.3 Å². The van der Waals surface area contributed by atoms with Crippen molar-refractivity contribution in [3.05, 3.63) is 35.4 Å². The first kappa shape index (κ1) is 18.3. The number of nitrogens with zero attached hydrogens (tertiary/aromatic N) is 1. The maximum absolute atomic E-state index is 13.4. The molecule has 1 heterocycles. The molecule has 128 valence electrons. The normalized spacial score (nSPS) is 23.9. The minimum Gasteiger partial charge on any atom is -0.340 e. The highest BCUT2D eigenvalue weighted by molar-refractivity contribution is 5.89. The molecule has 1 aromatic rings. The summed E-state index contributed by atoms with van der Waals surface area (Å²) in [6.07, 6.45) is 7.61. The number of nitrogens with two attached hydrogens (primary N) is 1. The molecule has 1 aromatic carbocycles. The van der Waals surface area contributed by atoms with Crippen molar-refractivity contribution < 1.29 is 4.79 Å². The summed E-state index contributed by atoms with van der Waals surface area (Å²) in [4.78, 5) is 15.5. The summed E-state index contributed by atoms with van der Waals surface area (Å²) in [5, 5.41) is 0. The predicted octanol–water partition coefficient (Wildman–Crippen LogP) is 3.57. The molecule has 2 N–H and O–H groups in total. The molecule has 0 aromatic heterocycles. The number of amides is 1. The van der Waals surface area contributed by atoms with Crippen molar-refractivity contribution in [1.29, 1.82) is 0 Å². The second-order valence-corrected chi connectivity index (χ2v) is 7.11. The first-order valence-corrected chi connectivity index (χ1v) is 8.74. The van der Waals surface area contributed by atoms with Crippen molar-refractivity contribution in [1.82, 2.24) is 4.90 Å². The molecular formula is C19H29ClN2O. The topological polar surface area (TPSA) is 46.3 Å². The molecule has 2 aliphatic rings. The number of halogens is 1. The Morgan fingerprint density at radius 1 is 1.17 bits per heavy atom. The molecular weight excluding hydrogens is 308 g/mol. The molecule has 1 saturated heterocycles. The summed E-state index contributed by atoms with van der Waals surface area (Å²) >= 11 is 0. The summed E-state index contributed by atoms with van der Waals surface area (Å²) in [6.45, 7) is 3.74. The van der Waals surface area contributed by atoms with Gasteiger partial charge in [0.1, 0.15) is 0 Å². The predicted molar refractivity (Wildman–Crippen MR) is 97.0 cm³/mol. The molecule has 1 unspecified atom stereocenters. The van der Waals surface area contributed by atoms with Gasteiger partial charge in [0, 0.05) is 19.1 Å². The van der Waals surface area contributed by atoms with Gasteiger partial charge in [-0.2, -0.15) is 0 Å². The van der Waals surface area contributed by atoms with Gasteiger partial charge in [-0.3, -0.25) is 4.79 Å². The van der Waals surface area contributed by atoms with Crippen LogP contribution in [0.1, 0.15) is 56.1 Å².